The van der Waals surface area contributed by atoms with E-state index in [1.165, 1.54) is 76.0 Å². The SMILES string of the molecule is CC12CCCCC1(C)N(c1ccc(-c3cccc(N(c4ccc(-c5ccccc5)cc4)c4ccc(-c5ccccc5)cc4)c3)cc1)c1ccccc12. The van der Waals surface area contributed by atoms with Gasteiger partial charge in [0.2, 0.25) is 0 Å². The Morgan fingerprint density at radius 3 is 1.52 bits per heavy atom. The summed E-state index contributed by atoms with van der Waals surface area (Å²) >= 11 is 0. The first-order valence-electron chi connectivity index (χ1n) is 18.7. The van der Waals surface area contributed by atoms with Crippen molar-refractivity contribution >= 4 is 28.4 Å². The van der Waals surface area contributed by atoms with Crippen LogP contribution in [-0.2, 0) is 5.41 Å². The highest BCUT2D eigenvalue weighted by Gasteiger charge is 2.57. The van der Waals surface area contributed by atoms with E-state index in [0.29, 0.717) is 0 Å². The van der Waals surface area contributed by atoms with Crippen LogP contribution in [0.3, 0.4) is 0 Å². The average molecular weight is 673 g/mol. The third-order valence-electron chi connectivity index (χ3n) is 12.0. The van der Waals surface area contributed by atoms with Gasteiger partial charge in [-0.15, -0.1) is 0 Å². The summed E-state index contributed by atoms with van der Waals surface area (Å²) in [6, 6.07) is 66.5. The molecule has 1 heterocycles. The van der Waals surface area contributed by atoms with E-state index in [4.69, 9.17) is 0 Å². The van der Waals surface area contributed by atoms with E-state index in [0.717, 1.165) is 17.1 Å². The third kappa shape index (κ3) is 5.42. The Balaban J connectivity index is 1.07. The van der Waals surface area contributed by atoms with Crippen molar-refractivity contribution in [2.45, 2.75) is 50.5 Å². The van der Waals surface area contributed by atoms with Crippen LogP contribution in [-0.4, -0.2) is 5.54 Å². The van der Waals surface area contributed by atoms with Gasteiger partial charge in [0, 0.05) is 33.9 Å². The largest absolute Gasteiger partial charge is 0.334 e. The van der Waals surface area contributed by atoms with E-state index in [1.807, 2.05) is 0 Å². The number of nitrogens with zero attached hydrogens (tertiary/aromatic N) is 2. The lowest BCUT2D eigenvalue weighted by Crippen LogP contribution is -2.54. The van der Waals surface area contributed by atoms with Gasteiger partial charge in [0.15, 0.2) is 0 Å². The molecule has 1 aliphatic carbocycles. The molecule has 1 saturated carbocycles. The van der Waals surface area contributed by atoms with Crippen LogP contribution in [0.25, 0.3) is 33.4 Å². The van der Waals surface area contributed by atoms with Gasteiger partial charge in [-0.2, -0.15) is 0 Å². The van der Waals surface area contributed by atoms with Gasteiger partial charge in [-0.1, -0.05) is 147 Å². The Morgan fingerprint density at radius 2 is 0.904 bits per heavy atom. The Morgan fingerprint density at radius 1 is 0.423 bits per heavy atom. The highest BCUT2D eigenvalue weighted by Crippen LogP contribution is 2.60. The van der Waals surface area contributed by atoms with E-state index in [2.05, 4.69) is 206 Å². The van der Waals surface area contributed by atoms with Crippen LogP contribution in [0.2, 0.25) is 0 Å². The van der Waals surface area contributed by atoms with Crippen LogP contribution in [0.1, 0.15) is 45.1 Å². The molecule has 2 unspecified atom stereocenters. The van der Waals surface area contributed by atoms with Crippen molar-refractivity contribution in [3.05, 3.63) is 188 Å². The molecule has 0 spiro atoms. The van der Waals surface area contributed by atoms with Crippen molar-refractivity contribution in [3.63, 3.8) is 0 Å². The minimum absolute atomic E-state index is 0.0585. The molecule has 1 fully saturated rings. The minimum Gasteiger partial charge on any atom is -0.334 e. The smallest absolute Gasteiger partial charge is 0.0517 e. The van der Waals surface area contributed by atoms with Crippen molar-refractivity contribution in [3.8, 4) is 33.4 Å². The molecule has 52 heavy (non-hydrogen) atoms. The number of para-hydroxylation sites is 1. The second kappa shape index (κ2) is 13.0. The normalized spacial score (nSPS) is 19.2. The first kappa shape index (κ1) is 32.1. The number of fused-ring (bicyclic) bond motifs is 3. The maximum atomic E-state index is 2.65. The van der Waals surface area contributed by atoms with Crippen molar-refractivity contribution in [2.24, 2.45) is 0 Å². The van der Waals surface area contributed by atoms with Gasteiger partial charge in [0.25, 0.3) is 0 Å². The van der Waals surface area contributed by atoms with Gasteiger partial charge in [-0.25, -0.2) is 0 Å². The topological polar surface area (TPSA) is 6.48 Å². The summed E-state index contributed by atoms with van der Waals surface area (Å²) in [7, 11) is 0. The molecule has 0 saturated heterocycles. The van der Waals surface area contributed by atoms with Crippen LogP contribution in [0, 0.1) is 0 Å². The fourth-order valence-electron chi connectivity index (χ4n) is 9.04. The quantitative estimate of drug-likeness (QED) is 0.166. The molecule has 1 aliphatic heterocycles. The third-order valence-corrected chi connectivity index (χ3v) is 12.0. The summed E-state index contributed by atoms with van der Waals surface area (Å²) in [5.41, 5.74) is 15.0. The highest BCUT2D eigenvalue weighted by molar-refractivity contribution is 5.83. The second-order valence-electron chi connectivity index (χ2n) is 14.9. The van der Waals surface area contributed by atoms with Crippen LogP contribution in [0.5, 0.6) is 0 Å². The zero-order valence-electron chi connectivity index (χ0n) is 30.0. The molecule has 254 valence electrons. The predicted molar refractivity (Wildman–Crippen MR) is 220 cm³/mol. The number of anilines is 5. The standard InChI is InChI=1S/C50H44N2/c1-49-34-11-12-35-50(49,2)52(48-21-10-9-20-47(48)49)45-32-26-41(27-33-45)42-18-13-19-46(36-42)51(43-28-22-39(23-29-43)37-14-5-3-6-15-37)44-30-24-40(25-31-44)38-16-7-4-8-17-38/h3-10,13-33,36H,11-12,34-35H2,1-2H3. The maximum Gasteiger partial charge on any atom is 0.0517 e. The lowest BCUT2D eigenvalue weighted by atomic mass is 9.61. The molecule has 0 N–H and O–H groups in total. The molecule has 2 heteroatoms. The fourth-order valence-corrected chi connectivity index (χ4v) is 9.04. The van der Waals surface area contributed by atoms with E-state index < -0.39 is 0 Å². The van der Waals surface area contributed by atoms with Gasteiger partial charge in [-0.3, -0.25) is 0 Å². The van der Waals surface area contributed by atoms with Gasteiger partial charge >= 0.3 is 0 Å². The summed E-state index contributed by atoms with van der Waals surface area (Å²) in [6.45, 7) is 5.00. The lowest BCUT2D eigenvalue weighted by Gasteiger charge is -2.50. The first-order chi connectivity index (χ1) is 25.5. The summed E-state index contributed by atoms with van der Waals surface area (Å²) in [5.74, 6) is 0. The fraction of sp³-hybridized carbons (Fsp3) is 0.160. The van der Waals surface area contributed by atoms with E-state index in [9.17, 15) is 0 Å². The molecule has 2 atom stereocenters. The maximum absolute atomic E-state index is 2.65. The predicted octanol–water partition coefficient (Wildman–Crippen LogP) is 13.9. The summed E-state index contributed by atoms with van der Waals surface area (Å²) in [6.07, 6.45) is 5.02. The van der Waals surface area contributed by atoms with Crippen LogP contribution in [0.15, 0.2) is 182 Å². The molecular formula is C50H44N2. The minimum atomic E-state index is 0.0585. The van der Waals surface area contributed by atoms with E-state index >= 15 is 0 Å². The number of hydrogen-bond donors (Lipinski definition) is 0. The molecule has 2 nitrogen and oxygen atoms in total. The zero-order chi connectivity index (χ0) is 35.1. The van der Waals surface area contributed by atoms with Crippen molar-refractivity contribution in [2.75, 3.05) is 9.80 Å². The van der Waals surface area contributed by atoms with Crippen molar-refractivity contribution in [1.29, 1.82) is 0 Å². The molecule has 7 aromatic carbocycles. The number of rotatable bonds is 7. The Bertz CT molecular complexity index is 2230. The molecule has 0 radical (unpaired) electrons. The molecule has 0 amide bonds. The molecular weight excluding hydrogens is 629 g/mol. The van der Waals surface area contributed by atoms with Crippen molar-refractivity contribution in [1.82, 2.24) is 0 Å². The molecule has 0 bridgehead atoms. The number of hydrogen-bond acceptors (Lipinski definition) is 2. The average Bonchev–Trinajstić information content (AvgIpc) is 3.42. The monoisotopic (exact) mass is 672 g/mol. The summed E-state index contributed by atoms with van der Waals surface area (Å²) in [5, 5.41) is 0. The van der Waals surface area contributed by atoms with Crippen LogP contribution < -0.4 is 9.80 Å². The van der Waals surface area contributed by atoms with Crippen LogP contribution in [0.4, 0.5) is 28.4 Å². The van der Waals surface area contributed by atoms with Gasteiger partial charge < -0.3 is 9.80 Å². The molecule has 2 aliphatic rings. The van der Waals surface area contributed by atoms with Gasteiger partial charge in [0.05, 0.1) is 5.54 Å². The van der Waals surface area contributed by atoms with Crippen molar-refractivity contribution < 1.29 is 0 Å². The Hall–Kier alpha value is -5.86. The molecule has 7 aromatic rings. The molecule has 9 rings (SSSR count). The second-order valence-corrected chi connectivity index (χ2v) is 14.9. The Kier molecular flexibility index (Phi) is 8.04. The molecule has 0 aromatic heterocycles. The summed E-state index contributed by atoms with van der Waals surface area (Å²) < 4.78 is 0. The lowest BCUT2D eigenvalue weighted by molar-refractivity contribution is 0.195. The van der Waals surface area contributed by atoms with Crippen LogP contribution >= 0.6 is 0 Å². The summed E-state index contributed by atoms with van der Waals surface area (Å²) in [4.78, 5) is 5.02. The number of benzene rings is 7. The Labute approximate surface area is 308 Å². The zero-order valence-corrected chi connectivity index (χ0v) is 30.0. The van der Waals surface area contributed by atoms with Gasteiger partial charge in [0.1, 0.15) is 0 Å². The first-order valence-corrected chi connectivity index (χ1v) is 18.7. The van der Waals surface area contributed by atoms with E-state index in [-0.39, 0.29) is 11.0 Å². The highest BCUT2D eigenvalue weighted by atomic mass is 15.3. The van der Waals surface area contributed by atoms with Gasteiger partial charge in [-0.05, 0) is 113 Å². The van der Waals surface area contributed by atoms with E-state index in [1.54, 1.807) is 0 Å².